The molecule has 1 N–H and O–H groups in total. The molecular formula is C3H6CoN2. The van der Waals surface area contributed by atoms with Gasteiger partial charge in [-0.3, -0.25) is 4.99 Å². The third kappa shape index (κ3) is 1.42. The van der Waals surface area contributed by atoms with E-state index in [0.717, 1.165) is 13.1 Å². The number of nitrogens with one attached hydrogen (secondary N) is 1. The molecule has 0 saturated carbocycles. The molecule has 1 aliphatic rings. The summed E-state index contributed by atoms with van der Waals surface area (Å²) in [6.07, 6.45) is 1.74. The minimum absolute atomic E-state index is 0. The van der Waals surface area contributed by atoms with Crippen LogP contribution in [0.1, 0.15) is 0 Å². The van der Waals surface area contributed by atoms with Gasteiger partial charge in [0, 0.05) is 23.3 Å². The fourth-order valence-corrected chi connectivity index (χ4v) is 0.323. The van der Waals surface area contributed by atoms with Crippen molar-refractivity contribution in [1.82, 2.24) is 5.32 Å². The van der Waals surface area contributed by atoms with Crippen LogP contribution in [0.4, 0.5) is 0 Å². The van der Waals surface area contributed by atoms with Gasteiger partial charge in [0.2, 0.25) is 0 Å². The average Bonchev–Trinajstić information content (AvgIpc) is 1.76. The van der Waals surface area contributed by atoms with Gasteiger partial charge < -0.3 is 5.32 Å². The van der Waals surface area contributed by atoms with Crippen LogP contribution in [0.3, 0.4) is 0 Å². The molecule has 0 spiro atoms. The Morgan fingerprint density at radius 3 is 2.67 bits per heavy atom. The van der Waals surface area contributed by atoms with Crippen molar-refractivity contribution < 1.29 is 16.8 Å². The van der Waals surface area contributed by atoms with E-state index in [1.807, 2.05) is 0 Å². The maximum Gasteiger partial charge on any atom is 0.0825 e. The van der Waals surface area contributed by atoms with E-state index in [1.54, 1.807) is 6.34 Å². The van der Waals surface area contributed by atoms with E-state index in [-0.39, 0.29) is 16.8 Å². The van der Waals surface area contributed by atoms with Crippen LogP contribution in [0.2, 0.25) is 0 Å². The SMILES string of the molecule is C1=NCCN1.[Co]. The van der Waals surface area contributed by atoms with Gasteiger partial charge in [0.15, 0.2) is 0 Å². The van der Waals surface area contributed by atoms with Crippen molar-refractivity contribution in [2.45, 2.75) is 0 Å². The Morgan fingerprint density at radius 2 is 2.50 bits per heavy atom. The van der Waals surface area contributed by atoms with Gasteiger partial charge in [0.1, 0.15) is 0 Å². The van der Waals surface area contributed by atoms with Crippen molar-refractivity contribution in [3.05, 3.63) is 0 Å². The molecule has 1 rings (SSSR count). The molecule has 2 nitrogen and oxygen atoms in total. The summed E-state index contributed by atoms with van der Waals surface area (Å²) in [5.74, 6) is 0. The minimum Gasteiger partial charge on any atom is -0.375 e. The zero-order valence-electron chi connectivity index (χ0n) is 3.27. The smallest absolute Gasteiger partial charge is 0.0825 e. The Kier molecular flexibility index (Phi) is 3.16. The van der Waals surface area contributed by atoms with Gasteiger partial charge in [-0.05, 0) is 0 Å². The molecule has 0 bridgehead atoms. The Morgan fingerprint density at radius 1 is 1.67 bits per heavy atom. The van der Waals surface area contributed by atoms with E-state index in [2.05, 4.69) is 10.3 Å². The molecule has 0 aromatic heterocycles. The van der Waals surface area contributed by atoms with Crippen LogP contribution < -0.4 is 5.32 Å². The van der Waals surface area contributed by atoms with Crippen LogP contribution in [0.25, 0.3) is 0 Å². The number of rotatable bonds is 0. The van der Waals surface area contributed by atoms with Crippen molar-refractivity contribution in [1.29, 1.82) is 0 Å². The van der Waals surface area contributed by atoms with E-state index in [4.69, 9.17) is 0 Å². The number of nitrogens with zero attached hydrogens (tertiary/aromatic N) is 1. The topological polar surface area (TPSA) is 24.4 Å². The predicted octanol–water partition coefficient (Wildman–Crippen LogP) is -0.385. The van der Waals surface area contributed by atoms with Gasteiger partial charge in [-0.2, -0.15) is 0 Å². The summed E-state index contributed by atoms with van der Waals surface area (Å²) in [6, 6.07) is 0. The van der Waals surface area contributed by atoms with Gasteiger partial charge in [-0.1, -0.05) is 0 Å². The van der Waals surface area contributed by atoms with Crippen molar-refractivity contribution >= 4 is 6.34 Å². The third-order valence-electron chi connectivity index (χ3n) is 0.568. The molecular weight excluding hydrogens is 123 g/mol. The van der Waals surface area contributed by atoms with Crippen LogP contribution in [-0.4, -0.2) is 19.4 Å². The molecule has 1 radical (unpaired) electrons. The summed E-state index contributed by atoms with van der Waals surface area (Å²) in [6.45, 7) is 1.99. The summed E-state index contributed by atoms with van der Waals surface area (Å²) in [7, 11) is 0. The monoisotopic (exact) mass is 129 g/mol. The molecule has 0 atom stereocenters. The molecule has 0 amide bonds. The van der Waals surface area contributed by atoms with Gasteiger partial charge in [0.05, 0.1) is 12.9 Å². The molecule has 0 unspecified atom stereocenters. The van der Waals surface area contributed by atoms with Crippen molar-refractivity contribution in [2.75, 3.05) is 13.1 Å². The van der Waals surface area contributed by atoms with E-state index in [9.17, 15) is 0 Å². The standard InChI is InChI=1S/C3H6N2.Co/c1-2-5-3-4-1;/h3H,1-2H2,(H,4,5);. The van der Waals surface area contributed by atoms with Crippen molar-refractivity contribution in [2.24, 2.45) is 4.99 Å². The largest absolute Gasteiger partial charge is 0.375 e. The average molecular weight is 129 g/mol. The number of hydrogen-bond donors (Lipinski definition) is 1. The fraction of sp³-hybridized carbons (Fsp3) is 0.667. The Labute approximate surface area is 47.2 Å². The van der Waals surface area contributed by atoms with Crippen molar-refractivity contribution in [3.8, 4) is 0 Å². The molecule has 0 aliphatic carbocycles. The van der Waals surface area contributed by atoms with Crippen LogP contribution >= 0.6 is 0 Å². The summed E-state index contributed by atoms with van der Waals surface area (Å²) >= 11 is 0. The molecule has 0 aromatic carbocycles. The first-order chi connectivity index (χ1) is 2.50. The van der Waals surface area contributed by atoms with Crippen molar-refractivity contribution in [3.63, 3.8) is 0 Å². The van der Waals surface area contributed by atoms with Gasteiger partial charge in [-0.15, -0.1) is 0 Å². The second-order valence-corrected chi connectivity index (χ2v) is 0.989. The van der Waals surface area contributed by atoms with E-state index in [0.29, 0.717) is 0 Å². The van der Waals surface area contributed by atoms with Gasteiger partial charge >= 0.3 is 0 Å². The fourth-order valence-electron chi connectivity index (χ4n) is 0.323. The number of hydrogen-bond acceptors (Lipinski definition) is 2. The molecule has 0 saturated heterocycles. The molecule has 0 aromatic rings. The Balaban J connectivity index is 0.000000250. The normalized spacial score (nSPS) is 16.0. The molecule has 3 heteroatoms. The van der Waals surface area contributed by atoms with E-state index >= 15 is 0 Å². The van der Waals surface area contributed by atoms with Gasteiger partial charge in [-0.25, -0.2) is 0 Å². The first kappa shape index (κ1) is 5.98. The van der Waals surface area contributed by atoms with Crippen LogP contribution in [0.15, 0.2) is 4.99 Å². The Hall–Kier alpha value is -0.0235. The minimum atomic E-state index is 0. The summed E-state index contributed by atoms with van der Waals surface area (Å²) in [5.41, 5.74) is 0. The van der Waals surface area contributed by atoms with E-state index in [1.165, 1.54) is 0 Å². The summed E-state index contributed by atoms with van der Waals surface area (Å²) in [4.78, 5) is 3.85. The third-order valence-corrected chi connectivity index (χ3v) is 0.568. The zero-order chi connectivity index (χ0) is 3.54. The predicted molar refractivity (Wildman–Crippen MR) is 21.4 cm³/mol. The first-order valence-corrected chi connectivity index (χ1v) is 1.72. The molecule has 6 heavy (non-hydrogen) atoms. The molecule has 37 valence electrons. The molecule has 0 fully saturated rings. The maximum atomic E-state index is 3.85. The van der Waals surface area contributed by atoms with Crippen LogP contribution in [-0.2, 0) is 16.8 Å². The van der Waals surface area contributed by atoms with Crippen LogP contribution in [0.5, 0.6) is 0 Å². The number of aliphatic imine (C=N–C) groups is 1. The zero-order valence-corrected chi connectivity index (χ0v) is 4.31. The summed E-state index contributed by atoms with van der Waals surface area (Å²) < 4.78 is 0. The van der Waals surface area contributed by atoms with Crippen LogP contribution in [0, 0.1) is 0 Å². The first-order valence-electron chi connectivity index (χ1n) is 1.72. The quantitative estimate of drug-likeness (QED) is 0.473. The van der Waals surface area contributed by atoms with Gasteiger partial charge in [0.25, 0.3) is 0 Å². The second-order valence-electron chi connectivity index (χ2n) is 0.989. The molecule has 1 aliphatic heterocycles. The Bertz CT molecular complexity index is 46.8. The second kappa shape index (κ2) is 3.18. The molecule has 1 heterocycles. The maximum absolute atomic E-state index is 3.85. The summed E-state index contributed by atoms with van der Waals surface area (Å²) in [5, 5.41) is 2.93. The van der Waals surface area contributed by atoms with E-state index < -0.39 is 0 Å².